The standard InChI is InChI=1S/C28H28N6O2/c1-19(15-31-33-27(35)25-11-5-21(3)29-17-25)13-23-7-9-24(10-8-23)14-20(2)16-32-34-28(36)26-12-6-22(4)30-18-26/h5-18H,1-4H3,(H,33,35)(H,34,36)/b19-13-,20-14+,31-15+,32-16+. The summed E-state index contributed by atoms with van der Waals surface area (Å²) in [7, 11) is 0. The van der Waals surface area contributed by atoms with Gasteiger partial charge in [-0.3, -0.25) is 19.6 Å². The first-order valence-electron chi connectivity index (χ1n) is 11.3. The molecule has 2 aromatic heterocycles. The zero-order valence-electron chi connectivity index (χ0n) is 20.7. The molecule has 8 nitrogen and oxygen atoms in total. The van der Waals surface area contributed by atoms with E-state index in [0.29, 0.717) is 11.1 Å². The summed E-state index contributed by atoms with van der Waals surface area (Å²) in [6, 6.07) is 14.9. The molecule has 0 saturated carbocycles. The molecule has 2 N–H and O–H groups in total. The van der Waals surface area contributed by atoms with Gasteiger partial charge in [0.2, 0.25) is 0 Å². The van der Waals surface area contributed by atoms with Crippen molar-refractivity contribution >= 4 is 36.4 Å². The summed E-state index contributed by atoms with van der Waals surface area (Å²) in [4.78, 5) is 32.4. The van der Waals surface area contributed by atoms with Crippen LogP contribution >= 0.6 is 0 Å². The van der Waals surface area contributed by atoms with Crippen molar-refractivity contribution in [3.05, 3.63) is 106 Å². The predicted octanol–water partition coefficient (Wildman–Crippen LogP) is 4.73. The Labute approximate surface area is 210 Å². The largest absolute Gasteiger partial charge is 0.272 e. The van der Waals surface area contributed by atoms with Gasteiger partial charge in [0.05, 0.1) is 23.6 Å². The van der Waals surface area contributed by atoms with Gasteiger partial charge in [0.1, 0.15) is 0 Å². The van der Waals surface area contributed by atoms with Gasteiger partial charge in [-0.1, -0.05) is 36.4 Å². The minimum Gasteiger partial charge on any atom is -0.267 e. The minimum atomic E-state index is -0.312. The Kier molecular flexibility index (Phi) is 9.11. The van der Waals surface area contributed by atoms with E-state index in [0.717, 1.165) is 33.7 Å². The molecular formula is C28H28N6O2. The zero-order chi connectivity index (χ0) is 25.9. The van der Waals surface area contributed by atoms with Crippen molar-refractivity contribution in [2.75, 3.05) is 0 Å². The van der Waals surface area contributed by atoms with E-state index < -0.39 is 0 Å². The molecule has 8 heteroatoms. The molecule has 0 spiro atoms. The Morgan fingerprint density at radius 3 is 1.39 bits per heavy atom. The molecule has 0 fully saturated rings. The summed E-state index contributed by atoms with van der Waals surface area (Å²) < 4.78 is 0. The Morgan fingerprint density at radius 1 is 0.667 bits per heavy atom. The normalized spacial score (nSPS) is 12.2. The van der Waals surface area contributed by atoms with Crippen LogP contribution in [0.25, 0.3) is 12.2 Å². The first-order chi connectivity index (χ1) is 17.3. The monoisotopic (exact) mass is 480 g/mol. The lowest BCUT2D eigenvalue weighted by Gasteiger charge is -2.01. The molecule has 0 radical (unpaired) electrons. The lowest BCUT2D eigenvalue weighted by atomic mass is 10.1. The molecular weight excluding hydrogens is 452 g/mol. The summed E-state index contributed by atoms with van der Waals surface area (Å²) >= 11 is 0. The number of allylic oxidation sites excluding steroid dienone is 2. The van der Waals surface area contributed by atoms with Crippen LogP contribution in [0.4, 0.5) is 0 Å². The molecule has 0 aliphatic carbocycles. The van der Waals surface area contributed by atoms with Crippen LogP contribution in [0.15, 0.2) is 82.3 Å². The van der Waals surface area contributed by atoms with Crippen LogP contribution in [0.1, 0.15) is 57.1 Å². The fourth-order valence-electron chi connectivity index (χ4n) is 3.01. The Morgan fingerprint density at radius 2 is 1.06 bits per heavy atom. The average molecular weight is 481 g/mol. The fraction of sp³-hybridized carbons (Fsp3) is 0.143. The number of benzene rings is 1. The number of hydrazone groups is 2. The van der Waals surface area contributed by atoms with Gasteiger partial charge in [0, 0.05) is 23.8 Å². The summed E-state index contributed by atoms with van der Waals surface area (Å²) in [5.41, 5.74) is 11.3. The van der Waals surface area contributed by atoms with E-state index in [4.69, 9.17) is 0 Å². The van der Waals surface area contributed by atoms with Crippen LogP contribution in [0.3, 0.4) is 0 Å². The van der Waals surface area contributed by atoms with Crippen molar-refractivity contribution in [1.29, 1.82) is 0 Å². The Hall–Kier alpha value is -4.72. The van der Waals surface area contributed by atoms with Crippen molar-refractivity contribution < 1.29 is 9.59 Å². The van der Waals surface area contributed by atoms with Crippen LogP contribution in [-0.2, 0) is 0 Å². The van der Waals surface area contributed by atoms with E-state index in [1.807, 2.05) is 64.1 Å². The second kappa shape index (κ2) is 12.7. The molecule has 0 bridgehead atoms. The minimum absolute atomic E-state index is 0.312. The molecule has 2 heterocycles. The van der Waals surface area contributed by atoms with Gasteiger partial charge < -0.3 is 0 Å². The smallest absolute Gasteiger partial charge is 0.267 e. The van der Waals surface area contributed by atoms with E-state index in [1.165, 1.54) is 12.4 Å². The number of nitrogens with zero attached hydrogens (tertiary/aromatic N) is 4. The number of carbonyl (C=O) groups is 2. The highest BCUT2D eigenvalue weighted by Crippen LogP contribution is 2.11. The topological polar surface area (TPSA) is 109 Å². The number of carbonyl (C=O) groups excluding carboxylic acids is 2. The van der Waals surface area contributed by atoms with Crippen molar-refractivity contribution in [3.8, 4) is 0 Å². The third-order valence-corrected chi connectivity index (χ3v) is 4.94. The van der Waals surface area contributed by atoms with Crippen molar-refractivity contribution in [2.45, 2.75) is 27.7 Å². The number of hydrogen-bond acceptors (Lipinski definition) is 6. The number of aromatic nitrogens is 2. The number of hydrogen-bond donors (Lipinski definition) is 2. The highest BCUT2D eigenvalue weighted by Gasteiger charge is 2.04. The van der Waals surface area contributed by atoms with Crippen LogP contribution in [0.5, 0.6) is 0 Å². The van der Waals surface area contributed by atoms with Crippen LogP contribution in [0, 0.1) is 13.8 Å². The number of pyridine rings is 2. The average Bonchev–Trinajstić information content (AvgIpc) is 2.86. The molecule has 0 aliphatic heterocycles. The van der Waals surface area contributed by atoms with Crippen molar-refractivity contribution in [3.63, 3.8) is 0 Å². The number of nitrogens with one attached hydrogen (secondary N) is 2. The number of aryl methyl sites for hydroxylation is 2. The maximum absolute atomic E-state index is 12.1. The summed E-state index contributed by atoms with van der Waals surface area (Å²) in [5.74, 6) is -0.623. The fourth-order valence-corrected chi connectivity index (χ4v) is 3.01. The van der Waals surface area contributed by atoms with E-state index in [9.17, 15) is 9.59 Å². The third-order valence-electron chi connectivity index (χ3n) is 4.94. The number of rotatable bonds is 8. The zero-order valence-corrected chi connectivity index (χ0v) is 20.7. The number of amides is 2. The van der Waals surface area contributed by atoms with Gasteiger partial charge in [-0.2, -0.15) is 10.2 Å². The van der Waals surface area contributed by atoms with E-state index in [2.05, 4.69) is 31.0 Å². The molecule has 2 amide bonds. The third kappa shape index (κ3) is 8.25. The maximum atomic E-state index is 12.1. The van der Waals surface area contributed by atoms with Crippen LogP contribution in [-0.4, -0.2) is 34.2 Å². The molecule has 0 aliphatic rings. The van der Waals surface area contributed by atoms with Gasteiger partial charge in [-0.25, -0.2) is 10.9 Å². The Bertz CT molecular complexity index is 1220. The van der Waals surface area contributed by atoms with Gasteiger partial charge in [0.25, 0.3) is 11.8 Å². The molecule has 3 rings (SSSR count). The van der Waals surface area contributed by atoms with Crippen LogP contribution in [0.2, 0.25) is 0 Å². The van der Waals surface area contributed by atoms with Gasteiger partial charge >= 0.3 is 0 Å². The molecule has 0 saturated heterocycles. The van der Waals surface area contributed by atoms with Gasteiger partial charge in [-0.15, -0.1) is 0 Å². The first-order valence-corrected chi connectivity index (χ1v) is 11.3. The van der Waals surface area contributed by atoms with Crippen molar-refractivity contribution in [1.82, 2.24) is 20.8 Å². The Balaban J connectivity index is 1.51. The molecule has 36 heavy (non-hydrogen) atoms. The van der Waals surface area contributed by atoms with Gasteiger partial charge in [-0.05, 0) is 74.2 Å². The molecule has 0 unspecified atom stereocenters. The molecule has 3 aromatic rings. The lowest BCUT2D eigenvalue weighted by Crippen LogP contribution is -2.17. The quantitative estimate of drug-likeness (QED) is 0.359. The van der Waals surface area contributed by atoms with E-state index in [1.54, 1.807) is 36.7 Å². The summed E-state index contributed by atoms with van der Waals surface area (Å²) in [6.07, 6.45) is 10.1. The molecule has 182 valence electrons. The summed E-state index contributed by atoms with van der Waals surface area (Å²) in [5, 5.41) is 8.02. The van der Waals surface area contributed by atoms with E-state index >= 15 is 0 Å². The lowest BCUT2D eigenvalue weighted by molar-refractivity contribution is 0.0946. The van der Waals surface area contributed by atoms with Gasteiger partial charge in [0.15, 0.2) is 0 Å². The SMILES string of the molecule is CC(=C/c1ccc(/C=C(C)/C=N/NC(=O)c2ccc(C)nc2)cc1)/C=N/NC(=O)c1ccc(C)nc1. The second-order valence-corrected chi connectivity index (χ2v) is 8.22. The second-order valence-electron chi connectivity index (χ2n) is 8.22. The van der Waals surface area contributed by atoms with Crippen molar-refractivity contribution in [2.24, 2.45) is 10.2 Å². The predicted molar refractivity (Wildman–Crippen MR) is 144 cm³/mol. The highest BCUT2D eigenvalue weighted by molar-refractivity contribution is 5.95. The molecule has 1 aromatic carbocycles. The highest BCUT2D eigenvalue weighted by atomic mass is 16.2. The first kappa shape index (κ1) is 25.9. The summed E-state index contributed by atoms with van der Waals surface area (Å²) in [6.45, 7) is 7.52. The maximum Gasteiger partial charge on any atom is 0.272 e. The molecule has 0 atom stereocenters. The van der Waals surface area contributed by atoms with E-state index in [-0.39, 0.29) is 11.8 Å². The van der Waals surface area contributed by atoms with Crippen LogP contribution < -0.4 is 10.9 Å².